The minimum absolute atomic E-state index is 0.0276. The summed E-state index contributed by atoms with van der Waals surface area (Å²) in [5, 5.41) is 21.9. The molecule has 3 N–H and O–H groups in total. The van der Waals surface area contributed by atoms with Crippen LogP contribution in [-0.2, 0) is 16.0 Å². The van der Waals surface area contributed by atoms with Crippen molar-refractivity contribution < 1.29 is 29.3 Å². The van der Waals surface area contributed by atoms with Gasteiger partial charge in [0.2, 0.25) is 0 Å². The first-order valence-corrected chi connectivity index (χ1v) is 8.44. The number of ether oxygens (including phenoxy) is 2. The van der Waals surface area contributed by atoms with Crippen molar-refractivity contribution in [3.63, 3.8) is 0 Å². The lowest BCUT2D eigenvalue weighted by molar-refractivity contribution is -0.138. The second-order valence-electron chi connectivity index (χ2n) is 6.23. The molecule has 0 saturated heterocycles. The largest absolute Gasteiger partial charge is 0.460 e. The Hall–Kier alpha value is -2.38. The van der Waals surface area contributed by atoms with Crippen LogP contribution in [0.5, 0.6) is 5.75 Å². The first kappa shape index (κ1) is 21.7. The van der Waals surface area contributed by atoms with Crippen molar-refractivity contribution in [2.45, 2.75) is 39.4 Å². The molecule has 0 saturated carbocycles. The number of esters is 1. The summed E-state index contributed by atoms with van der Waals surface area (Å²) in [6.45, 7) is 8.44. The molecule has 7 heteroatoms. The molecule has 2 atom stereocenters. The fraction of sp³-hybridized carbons (Fsp3) is 0.474. The number of carbonyl (C=O) groups excluding carboxylic acids is 2. The van der Waals surface area contributed by atoms with Crippen molar-refractivity contribution in [1.82, 2.24) is 5.32 Å². The number of nitrogens with one attached hydrogen (secondary N) is 1. The van der Waals surface area contributed by atoms with E-state index in [1.807, 2.05) is 0 Å². The SMILES string of the molecule is C=C(C)C(=O)OCCNC(=O)Oc1ccc(CC(C(C)O)C(C)O)cc1. The maximum atomic E-state index is 11.7. The number of hydrogen-bond acceptors (Lipinski definition) is 6. The Bertz CT molecular complexity index is 601. The van der Waals surface area contributed by atoms with Crippen LogP contribution < -0.4 is 10.1 Å². The smallest absolute Gasteiger partial charge is 0.412 e. The lowest BCUT2D eigenvalue weighted by Gasteiger charge is -2.22. The summed E-state index contributed by atoms with van der Waals surface area (Å²) >= 11 is 0. The highest BCUT2D eigenvalue weighted by Gasteiger charge is 2.20. The number of carbonyl (C=O) groups is 2. The Balaban J connectivity index is 2.43. The molecule has 0 bridgehead atoms. The van der Waals surface area contributed by atoms with Crippen LogP contribution in [0, 0.1) is 5.92 Å². The molecule has 2 unspecified atom stereocenters. The van der Waals surface area contributed by atoms with Crippen molar-refractivity contribution in [2.24, 2.45) is 5.92 Å². The molecule has 0 radical (unpaired) electrons. The predicted octanol–water partition coefficient (Wildman–Crippen LogP) is 1.81. The van der Waals surface area contributed by atoms with Crippen LogP contribution in [0.4, 0.5) is 4.79 Å². The van der Waals surface area contributed by atoms with Crippen LogP contribution in [0.15, 0.2) is 36.4 Å². The molecule has 1 amide bonds. The van der Waals surface area contributed by atoms with Crippen LogP contribution in [-0.4, -0.2) is 47.6 Å². The van der Waals surface area contributed by atoms with E-state index in [0.29, 0.717) is 17.7 Å². The molecule has 0 aliphatic carbocycles. The van der Waals surface area contributed by atoms with Crippen molar-refractivity contribution in [2.75, 3.05) is 13.2 Å². The molecule has 7 nitrogen and oxygen atoms in total. The molecule has 0 aliphatic heterocycles. The normalized spacial score (nSPS) is 14.0. The highest BCUT2D eigenvalue weighted by molar-refractivity contribution is 5.86. The van der Waals surface area contributed by atoms with E-state index in [1.165, 1.54) is 0 Å². The molecule has 144 valence electrons. The van der Waals surface area contributed by atoms with E-state index in [4.69, 9.17) is 9.47 Å². The van der Waals surface area contributed by atoms with E-state index in [0.717, 1.165) is 5.56 Å². The zero-order valence-electron chi connectivity index (χ0n) is 15.4. The molecule has 0 aromatic heterocycles. The molecule has 0 aliphatic rings. The van der Waals surface area contributed by atoms with Gasteiger partial charge in [0.25, 0.3) is 0 Å². The van der Waals surface area contributed by atoms with Gasteiger partial charge in [0, 0.05) is 11.5 Å². The standard InChI is InChI=1S/C19H27NO6/c1-12(2)18(23)25-10-9-20-19(24)26-16-7-5-15(6-8-16)11-17(13(3)21)14(4)22/h5-8,13-14,17,21-22H,1,9-11H2,2-4H3,(H,20,24). The molecule has 0 spiro atoms. The van der Waals surface area contributed by atoms with Crippen LogP contribution in [0.1, 0.15) is 26.3 Å². The van der Waals surface area contributed by atoms with Crippen LogP contribution in [0.25, 0.3) is 0 Å². The summed E-state index contributed by atoms with van der Waals surface area (Å²) in [5.41, 5.74) is 1.21. The van der Waals surface area contributed by atoms with Crippen LogP contribution in [0.2, 0.25) is 0 Å². The monoisotopic (exact) mass is 365 g/mol. The molecular formula is C19H27NO6. The van der Waals surface area contributed by atoms with Gasteiger partial charge in [-0.25, -0.2) is 9.59 Å². The Morgan fingerprint density at radius 1 is 1.15 bits per heavy atom. The molecule has 0 fully saturated rings. The zero-order chi connectivity index (χ0) is 19.7. The fourth-order valence-electron chi connectivity index (χ4n) is 2.27. The number of aliphatic hydroxyl groups is 2. The third-order valence-corrected chi connectivity index (χ3v) is 3.80. The number of benzene rings is 1. The molecule has 1 aromatic carbocycles. The quantitative estimate of drug-likeness (QED) is 0.350. The van der Waals surface area contributed by atoms with Crippen LogP contribution in [0.3, 0.4) is 0 Å². The fourth-order valence-corrected chi connectivity index (χ4v) is 2.27. The number of amides is 1. The van der Waals surface area contributed by atoms with E-state index >= 15 is 0 Å². The summed E-state index contributed by atoms with van der Waals surface area (Å²) in [5.74, 6) is -0.425. The van der Waals surface area contributed by atoms with Crippen molar-refractivity contribution in [1.29, 1.82) is 0 Å². The number of aliphatic hydroxyl groups excluding tert-OH is 2. The highest BCUT2D eigenvalue weighted by Crippen LogP contribution is 2.19. The van der Waals surface area contributed by atoms with Gasteiger partial charge in [-0.15, -0.1) is 0 Å². The van der Waals surface area contributed by atoms with E-state index in [9.17, 15) is 19.8 Å². The van der Waals surface area contributed by atoms with Gasteiger partial charge in [-0.1, -0.05) is 18.7 Å². The van der Waals surface area contributed by atoms with Gasteiger partial charge in [-0.05, 0) is 44.9 Å². The van der Waals surface area contributed by atoms with Gasteiger partial charge >= 0.3 is 12.1 Å². The molecule has 0 heterocycles. The average Bonchev–Trinajstić information content (AvgIpc) is 2.57. The molecular weight excluding hydrogens is 338 g/mol. The lowest BCUT2D eigenvalue weighted by Crippen LogP contribution is -2.30. The number of hydrogen-bond donors (Lipinski definition) is 3. The third kappa shape index (κ3) is 7.67. The summed E-state index contributed by atoms with van der Waals surface area (Å²) in [6.07, 6.45) is -1.41. The summed E-state index contributed by atoms with van der Waals surface area (Å²) in [4.78, 5) is 22.8. The minimum atomic E-state index is -0.657. The third-order valence-electron chi connectivity index (χ3n) is 3.80. The second-order valence-corrected chi connectivity index (χ2v) is 6.23. The van der Waals surface area contributed by atoms with Gasteiger partial charge in [-0.2, -0.15) is 0 Å². The zero-order valence-corrected chi connectivity index (χ0v) is 15.4. The summed E-state index contributed by atoms with van der Waals surface area (Å²) in [7, 11) is 0. The average molecular weight is 365 g/mol. The summed E-state index contributed by atoms with van der Waals surface area (Å²) < 4.78 is 9.96. The van der Waals surface area contributed by atoms with Crippen molar-refractivity contribution >= 4 is 12.1 Å². The van der Waals surface area contributed by atoms with Gasteiger partial charge in [-0.3, -0.25) is 0 Å². The van der Waals surface area contributed by atoms with E-state index in [-0.39, 0.29) is 19.1 Å². The van der Waals surface area contributed by atoms with Gasteiger partial charge in [0.1, 0.15) is 12.4 Å². The maximum Gasteiger partial charge on any atom is 0.412 e. The predicted molar refractivity (Wildman–Crippen MR) is 96.8 cm³/mol. The first-order valence-electron chi connectivity index (χ1n) is 8.44. The van der Waals surface area contributed by atoms with E-state index < -0.39 is 24.3 Å². The van der Waals surface area contributed by atoms with Crippen molar-refractivity contribution in [3.05, 3.63) is 42.0 Å². The van der Waals surface area contributed by atoms with Gasteiger partial charge in [0.05, 0.1) is 18.8 Å². The first-order chi connectivity index (χ1) is 12.2. The number of rotatable bonds is 9. The topological polar surface area (TPSA) is 105 Å². The lowest BCUT2D eigenvalue weighted by atomic mass is 9.90. The Morgan fingerprint density at radius 3 is 2.23 bits per heavy atom. The maximum absolute atomic E-state index is 11.7. The van der Waals surface area contributed by atoms with E-state index in [1.54, 1.807) is 45.0 Å². The summed E-state index contributed by atoms with van der Waals surface area (Å²) in [6, 6.07) is 6.82. The van der Waals surface area contributed by atoms with Gasteiger partial charge in [0.15, 0.2) is 0 Å². The second kappa shape index (κ2) is 10.6. The Kier molecular flexibility index (Phi) is 8.81. The van der Waals surface area contributed by atoms with Gasteiger partial charge < -0.3 is 25.0 Å². The van der Waals surface area contributed by atoms with Crippen molar-refractivity contribution in [3.8, 4) is 5.75 Å². The van der Waals surface area contributed by atoms with Crippen LogP contribution >= 0.6 is 0 Å². The van der Waals surface area contributed by atoms with E-state index in [2.05, 4.69) is 11.9 Å². The molecule has 1 rings (SSSR count). The Labute approximate surface area is 153 Å². The molecule has 1 aromatic rings. The molecule has 26 heavy (non-hydrogen) atoms. The highest BCUT2D eigenvalue weighted by atomic mass is 16.6. The minimum Gasteiger partial charge on any atom is -0.460 e. The Morgan fingerprint density at radius 2 is 1.73 bits per heavy atom.